The van der Waals surface area contributed by atoms with Crippen molar-refractivity contribution in [3.63, 3.8) is 0 Å². The maximum absolute atomic E-state index is 13.7. The lowest BCUT2D eigenvalue weighted by Gasteiger charge is -2.09. The number of aryl methyl sites for hydroxylation is 1. The second kappa shape index (κ2) is 5.68. The normalized spacial score (nSPS) is 10.0. The Labute approximate surface area is 115 Å². The summed E-state index contributed by atoms with van der Waals surface area (Å²) in [5, 5.41) is 8.66. The highest BCUT2D eigenvalue weighted by atomic mass is 35.5. The molecule has 0 bridgehead atoms. The lowest BCUT2D eigenvalue weighted by Crippen LogP contribution is -1.95. The lowest BCUT2D eigenvalue weighted by atomic mass is 10.2. The topological polar surface area (TPSA) is 45.9 Å². The number of halogens is 2. The third kappa shape index (κ3) is 3.01. The average Bonchev–Trinajstić information content (AvgIpc) is 2.42. The van der Waals surface area contributed by atoms with Crippen LogP contribution in [0.5, 0.6) is 11.6 Å². The molecule has 1 aromatic carbocycles. The van der Waals surface area contributed by atoms with Gasteiger partial charge in [0.15, 0.2) is 11.6 Å². The number of ether oxygens (including phenoxy) is 1. The van der Waals surface area contributed by atoms with E-state index in [2.05, 4.69) is 4.98 Å². The number of alkyl halides is 1. The maximum atomic E-state index is 13.7. The van der Waals surface area contributed by atoms with Crippen molar-refractivity contribution < 1.29 is 9.13 Å². The zero-order valence-corrected chi connectivity index (χ0v) is 10.9. The Hall–Kier alpha value is -2.12. The van der Waals surface area contributed by atoms with Gasteiger partial charge in [0.2, 0.25) is 5.88 Å². The van der Waals surface area contributed by atoms with Crippen LogP contribution in [0.15, 0.2) is 30.5 Å². The van der Waals surface area contributed by atoms with Gasteiger partial charge in [-0.2, -0.15) is 5.26 Å². The molecular formula is C14H10ClFN2O. The molecule has 0 fully saturated rings. The van der Waals surface area contributed by atoms with Gasteiger partial charge in [-0.3, -0.25) is 0 Å². The SMILES string of the molecule is Cc1cc(CCl)cnc1Oc1ccc(C#N)cc1F. The Morgan fingerprint density at radius 1 is 1.42 bits per heavy atom. The summed E-state index contributed by atoms with van der Waals surface area (Å²) in [5.74, 6) is 0.117. The summed E-state index contributed by atoms with van der Waals surface area (Å²) < 4.78 is 19.1. The predicted octanol–water partition coefficient (Wildman–Crippen LogP) is 3.93. The molecule has 0 aliphatic carbocycles. The van der Waals surface area contributed by atoms with Gasteiger partial charge < -0.3 is 4.74 Å². The van der Waals surface area contributed by atoms with Crippen molar-refractivity contribution in [1.29, 1.82) is 5.26 Å². The Morgan fingerprint density at radius 3 is 2.79 bits per heavy atom. The molecule has 2 aromatic rings. The van der Waals surface area contributed by atoms with E-state index in [-0.39, 0.29) is 11.3 Å². The van der Waals surface area contributed by atoms with E-state index < -0.39 is 5.82 Å². The van der Waals surface area contributed by atoms with Crippen LogP contribution in [-0.2, 0) is 5.88 Å². The van der Waals surface area contributed by atoms with Crippen molar-refractivity contribution >= 4 is 11.6 Å². The molecule has 0 saturated heterocycles. The molecule has 96 valence electrons. The van der Waals surface area contributed by atoms with Gasteiger partial charge in [-0.05, 0) is 36.8 Å². The van der Waals surface area contributed by atoms with Gasteiger partial charge in [0.05, 0.1) is 11.6 Å². The van der Waals surface area contributed by atoms with Crippen LogP contribution in [0.1, 0.15) is 16.7 Å². The highest BCUT2D eigenvalue weighted by Crippen LogP contribution is 2.26. The van der Waals surface area contributed by atoms with E-state index in [0.717, 1.165) is 17.2 Å². The minimum absolute atomic E-state index is 0.0354. The molecule has 0 saturated carbocycles. The van der Waals surface area contributed by atoms with Crippen molar-refractivity contribution in [1.82, 2.24) is 4.98 Å². The fourth-order valence-electron chi connectivity index (χ4n) is 1.56. The molecule has 0 aliphatic heterocycles. The highest BCUT2D eigenvalue weighted by Gasteiger charge is 2.09. The van der Waals surface area contributed by atoms with Crippen molar-refractivity contribution in [2.75, 3.05) is 0 Å². The van der Waals surface area contributed by atoms with Crippen molar-refractivity contribution in [3.05, 3.63) is 53.0 Å². The van der Waals surface area contributed by atoms with Gasteiger partial charge >= 0.3 is 0 Å². The summed E-state index contributed by atoms with van der Waals surface area (Å²) in [6, 6.07) is 7.71. The molecule has 0 N–H and O–H groups in total. The molecule has 1 aromatic heterocycles. The van der Waals surface area contributed by atoms with Crippen molar-refractivity contribution in [3.8, 4) is 17.7 Å². The van der Waals surface area contributed by atoms with Crippen LogP contribution >= 0.6 is 11.6 Å². The third-order valence-corrected chi connectivity index (χ3v) is 2.82. The standard InChI is InChI=1S/C14H10ClFN2O/c1-9-4-11(6-15)8-18-14(9)19-13-3-2-10(7-17)5-12(13)16/h2-5,8H,6H2,1H3. The van der Waals surface area contributed by atoms with Gasteiger partial charge in [-0.1, -0.05) is 0 Å². The van der Waals surface area contributed by atoms with E-state index in [9.17, 15) is 4.39 Å². The molecular weight excluding hydrogens is 267 g/mol. The molecule has 0 amide bonds. The van der Waals surface area contributed by atoms with Gasteiger partial charge in [-0.25, -0.2) is 9.37 Å². The van der Waals surface area contributed by atoms with Crippen LogP contribution in [-0.4, -0.2) is 4.98 Å². The summed E-state index contributed by atoms with van der Waals surface area (Å²) in [7, 11) is 0. The summed E-state index contributed by atoms with van der Waals surface area (Å²) >= 11 is 5.70. The number of hydrogen-bond donors (Lipinski definition) is 0. The number of aromatic nitrogens is 1. The number of pyridine rings is 1. The van der Waals surface area contributed by atoms with E-state index in [1.54, 1.807) is 13.1 Å². The second-order valence-electron chi connectivity index (χ2n) is 3.96. The first kappa shape index (κ1) is 13.3. The highest BCUT2D eigenvalue weighted by molar-refractivity contribution is 6.17. The number of nitriles is 1. The Kier molecular flexibility index (Phi) is 3.98. The number of rotatable bonds is 3. The molecule has 0 aliphatic rings. The molecule has 0 spiro atoms. The van der Waals surface area contributed by atoms with E-state index >= 15 is 0 Å². The van der Waals surface area contributed by atoms with Gasteiger partial charge in [0.1, 0.15) is 0 Å². The molecule has 19 heavy (non-hydrogen) atoms. The summed E-state index contributed by atoms with van der Waals surface area (Å²) in [4.78, 5) is 4.09. The summed E-state index contributed by atoms with van der Waals surface area (Å²) in [6.07, 6.45) is 1.58. The maximum Gasteiger partial charge on any atom is 0.222 e. The minimum Gasteiger partial charge on any atom is -0.436 e. The van der Waals surface area contributed by atoms with Gasteiger partial charge in [0, 0.05) is 17.6 Å². The average molecular weight is 277 g/mol. The predicted molar refractivity (Wildman–Crippen MR) is 69.7 cm³/mol. The van der Waals surface area contributed by atoms with Crippen LogP contribution in [0.25, 0.3) is 0 Å². The summed E-state index contributed by atoms with van der Waals surface area (Å²) in [6.45, 7) is 1.81. The molecule has 1 heterocycles. The minimum atomic E-state index is -0.596. The van der Waals surface area contributed by atoms with E-state index in [1.807, 2.05) is 12.1 Å². The van der Waals surface area contributed by atoms with Crippen molar-refractivity contribution in [2.45, 2.75) is 12.8 Å². The quantitative estimate of drug-likeness (QED) is 0.798. The first-order valence-electron chi connectivity index (χ1n) is 5.53. The zero-order chi connectivity index (χ0) is 13.8. The number of nitrogens with zero attached hydrogens (tertiary/aromatic N) is 2. The Bertz CT molecular complexity index is 652. The summed E-state index contributed by atoms with van der Waals surface area (Å²) in [5.41, 5.74) is 1.88. The third-order valence-electron chi connectivity index (χ3n) is 2.51. The van der Waals surface area contributed by atoms with E-state index in [0.29, 0.717) is 11.8 Å². The number of benzene rings is 1. The van der Waals surface area contributed by atoms with E-state index in [4.69, 9.17) is 21.6 Å². The number of hydrogen-bond acceptors (Lipinski definition) is 3. The monoisotopic (exact) mass is 276 g/mol. The first-order chi connectivity index (χ1) is 9.13. The van der Waals surface area contributed by atoms with Gasteiger partial charge in [-0.15, -0.1) is 11.6 Å². The van der Waals surface area contributed by atoms with Crippen LogP contribution in [0.3, 0.4) is 0 Å². The van der Waals surface area contributed by atoms with Crippen LogP contribution in [0.2, 0.25) is 0 Å². The second-order valence-corrected chi connectivity index (χ2v) is 4.23. The van der Waals surface area contributed by atoms with Gasteiger partial charge in [0.25, 0.3) is 0 Å². The Morgan fingerprint density at radius 2 is 2.21 bits per heavy atom. The molecule has 2 rings (SSSR count). The Balaban J connectivity index is 2.29. The molecule has 0 radical (unpaired) electrons. The van der Waals surface area contributed by atoms with Crippen LogP contribution < -0.4 is 4.74 Å². The smallest absolute Gasteiger partial charge is 0.222 e. The fraction of sp³-hybridized carbons (Fsp3) is 0.143. The van der Waals surface area contributed by atoms with Crippen LogP contribution in [0.4, 0.5) is 4.39 Å². The lowest BCUT2D eigenvalue weighted by molar-refractivity contribution is 0.424. The zero-order valence-electron chi connectivity index (χ0n) is 10.2. The largest absolute Gasteiger partial charge is 0.436 e. The molecule has 0 unspecified atom stereocenters. The first-order valence-corrected chi connectivity index (χ1v) is 6.06. The molecule has 3 nitrogen and oxygen atoms in total. The molecule has 5 heteroatoms. The van der Waals surface area contributed by atoms with Crippen LogP contribution in [0, 0.1) is 24.1 Å². The molecule has 0 atom stereocenters. The van der Waals surface area contributed by atoms with E-state index in [1.165, 1.54) is 12.1 Å². The fourth-order valence-corrected chi connectivity index (χ4v) is 1.70. The van der Waals surface area contributed by atoms with Crippen molar-refractivity contribution in [2.24, 2.45) is 0 Å².